The van der Waals surface area contributed by atoms with Crippen LogP contribution in [0.4, 0.5) is 5.95 Å². The Morgan fingerprint density at radius 1 is 1.59 bits per heavy atom. The van der Waals surface area contributed by atoms with Crippen molar-refractivity contribution in [3.63, 3.8) is 0 Å². The Bertz CT molecular complexity index is 350. The molecule has 3 unspecified atom stereocenters. The van der Waals surface area contributed by atoms with Gasteiger partial charge in [0.2, 0.25) is 5.95 Å². The van der Waals surface area contributed by atoms with Gasteiger partial charge in [0.05, 0.1) is 6.61 Å². The normalized spacial score (nSPS) is 26.1. The molecular formula is C13H23N3O. The van der Waals surface area contributed by atoms with Crippen LogP contribution in [0, 0.1) is 5.92 Å². The lowest BCUT2D eigenvalue weighted by Crippen LogP contribution is -2.23. The van der Waals surface area contributed by atoms with Crippen molar-refractivity contribution in [2.75, 3.05) is 19.0 Å². The number of hydrogen-bond acceptors (Lipinski definition) is 3. The third kappa shape index (κ3) is 3.00. The number of methoxy groups -OCH3 is 1. The van der Waals surface area contributed by atoms with Crippen LogP contribution in [-0.4, -0.2) is 29.3 Å². The molecule has 1 N–H and O–H groups in total. The summed E-state index contributed by atoms with van der Waals surface area (Å²) in [6, 6.07) is 0.907. The topological polar surface area (TPSA) is 39.1 Å². The number of hydrogen-bond donors (Lipinski definition) is 1. The zero-order valence-corrected chi connectivity index (χ0v) is 11.0. The van der Waals surface area contributed by atoms with E-state index in [1.165, 1.54) is 19.3 Å². The second kappa shape index (κ2) is 5.54. The van der Waals surface area contributed by atoms with Gasteiger partial charge in [0.15, 0.2) is 0 Å². The van der Waals surface area contributed by atoms with E-state index in [4.69, 9.17) is 4.74 Å². The number of aromatic nitrogens is 2. The maximum atomic E-state index is 5.14. The molecule has 17 heavy (non-hydrogen) atoms. The molecule has 1 aliphatic carbocycles. The van der Waals surface area contributed by atoms with E-state index >= 15 is 0 Å². The van der Waals surface area contributed by atoms with Crippen LogP contribution >= 0.6 is 0 Å². The van der Waals surface area contributed by atoms with Crippen molar-refractivity contribution < 1.29 is 4.74 Å². The highest BCUT2D eigenvalue weighted by Crippen LogP contribution is 2.35. The van der Waals surface area contributed by atoms with Crippen LogP contribution in [0.3, 0.4) is 0 Å². The Balaban J connectivity index is 2.01. The van der Waals surface area contributed by atoms with E-state index in [1.807, 2.05) is 6.20 Å². The Kier molecular flexibility index (Phi) is 4.05. The highest BCUT2D eigenvalue weighted by atomic mass is 16.5. The summed E-state index contributed by atoms with van der Waals surface area (Å²) in [5.74, 6) is 1.82. The van der Waals surface area contributed by atoms with E-state index in [9.17, 15) is 0 Å². The monoisotopic (exact) mass is 237 g/mol. The zero-order chi connectivity index (χ0) is 12.3. The summed E-state index contributed by atoms with van der Waals surface area (Å²) < 4.78 is 7.42. The van der Waals surface area contributed by atoms with Crippen LogP contribution < -0.4 is 5.32 Å². The van der Waals surface area contributed by atoms with Gasteiger partial charge in [0, 0.05) is 31.6 Å². The van der Waals surface area contributed by atoms with Crippen LogP contribution in [0.1, 0.15) is 39.2 Å². The molecule has 1 fully saturated rings. The smallest absolute Gasteiger partial charge is 0.203 e. The number of rotatable bonds is 5. The molecule has 4 heteroatoms. The first-order chi connectivity index (χ1) is 8.20. The minimum atomic E-state index is 0.292. The number of nitrogens with one attached hydrogen (secondary N) is 1. The van der Waals surface area contributed by atoms with E-state index in [1.54, 1.807) is 7.11 Å². The Morgan fingerprint density at radius 3 is 3.06 bits per heavy atom. The van der Waals surface area contributed by atoms with Gasteiger partial charge < -0.3 is 14.6 Å². The average Bonchev–Trinajstić information content (AvgIpc) is 2.87. The molecule has 4 nitrogen and oxygen atoms in total. The van der Waals surface area contributed by atoms with E-state index in [0.717, 1.165) is 11.9 Å². The zero-order valence-electron chi connectivity index (χ0n) is 11.0. The van der Waals surface area contributed by atoms with E-state index < -0.39 is 0 Å². The molecule has 0 bridgehead atoms. The summed E-state index contributed by atoms with van der Waals surface area (Å²) in [6.07, 6.45) is 7.83. The fourth-order valence-electron chi connectivity index (χ4n) is 2.66. The summed E-state index contributed by atoms with van der Waals surface area (Å²) in [7, 11) is 1.73. The highest BCUT2D eigenvalue weighted by molar-refractivity contribution is 5.28. The molecule has 0 spiro atoms. The van der Waals surface area contributed by atoms with Crippen molar-refractivity contribution in [1.29, 1.82) is 0 Å². The molecule has 0 aromatic carbocycles. The fraction of sp³-hybridized carbons (Fsp3) is 0.769. The second-order valence-corrected chi connectivity index (χ2v) is 5.23. The minimum absolute atomic E-state index is 0.292. The van der Waals surface area contributed by atoms with Crippen molar-refractivity contribution >= 4 is 5.95 Å². The van der Waals surface area contributed by atoms with Crippen molar-refractivity contribution in [1.82, 2.24) is 9.55 Å². The van der Waals surface area contributed by atoms with Crippen molar-refractivity contribution in [3.8, 4) is 0 Å². The van der Waals surface area contributed by atoms with Gasteiger partial charge in [-0.1, -0.05) is 6.92 Å². The molecule has 0 saturated heterocycles. The Morgan fingerprint density at radius 2 is 2.41 bits per heavy atom. The fourth-order valence-corrected chi connectivity index (χ4v) is 2.66. The number of nitrogens with zero attached hydrogens (tertiary/aromatic N) is 2. The highest BCUT2D eigenvalue weighted by Gasteiger charge is 2.24. The van der Waals surface area contributed by atoms with E-state index in [2.05, 4.69) is 34.9 Å². The molecular weight excluding hydrogens is 214 g/mol. The van der Waals surface area contributed by atoms with Gasteiger partial charge in [-0.3, -0.25) is 0 Å². The Labute approximate surface area is 103 Å². The predicted molar refractivity (Wildman–Crippen MR) is 69.2 cm³/mol. The molecule has 1 aliphatic rings. The number of imidazole rings is 1. The third-order valence-corrected chi connectivity index (χ3v) is 3.52. The molecule has 96 valence electrons. The first-order valence-corrected chi connectivity index (χ1v) is 6.49. The molecule has 1 saturated carbocycles. The quantitative estimate of drug-likeness (QED) is 0.855. The van der Waals surface area contributed by atoms with Gasteiger partial charge in [-0.25, -0.2) is 4.98 Å². The molecule has 0 aliphatic heterocycles. The summed E-state index contributed by atoms with van der Waals surface area (Å²) in [5, 5.41) is 3.41. The van der Waals surface area contributed by atoms with Gasteiger partial charge in [0.1, 0.15) is 0 Å². The van der Waals surface area contributed by atoms with Gasteiger partial charge in [-0.05, 0) is 32.1 Å². The maximum absolute atomic E-state index is 5.14. The molecule has 2 rings (SSSR count). The second-order valence-electron chi connectivity index (χ2n) is 5.23. The lowest BCUT2D eigenvalue weighted by Gasteiger charge is -2.19. The Hall–Kier alpha value is -1.03. The maximum Gasteiger partial charge on any atom is 0.203 e. The SMILES string of the molecule is COCC(C)Nc1nccn1C1CCC(C)C1. The summed E-state index contributed by atoms with van der Waals surface area (Å²) >= 11 is 0. The van der Waals surface area contributed by atoms with Crippen molar-refractivity contribution in [2.45, 2.75) is 45.2 Å². The number of ether oxygens (including phenoxy) is 1. The molecule has 1 aromatic rings. The molecule has 0 radical (unpaired) electrons. The first-order valence-electron chi connectivity index (χ1n) is 6.49. The molecule has 3 atom stereocenters. The average molecular weight is 237 g/mol. The van der Waals surface area contributed by atoms with Gasteiger partial charge in [-0.2, -0.15) is 0 Å². The lowest BCUT2D eigenvalue weighted by molar-refractivity contribution is 0.190. The molecule has 1 heterocycles. The summed E-state index contributed by atoms with van der Waals surface area (Å²) in [4.78, 5) is 4.40. The standard InChI is InChI=1S/C13H23N3O/c1-10-4-5-12(8-10)16-7-6-14-13(16)15-11(2)9-17-3/h6-7,10-12H,4-5,8-9H2,1-3H3,(H,14,15). The number of anilines is 1. The summed E-state index contributed by atoms with van der Waals surface area (Å²) in [5.41, 5.74) is 0. The molecule has 1 aromatic heterocycles. The third-order valence-electron chi connectivity index (χ3n) is 3.52. The van der Waals surface area contributed by atoms with Crippen LogP contribution in [-0.2, 0) is 4.74 Å². The van der Waals surface area contributed by atoms with E-state index in [-0.39, 0.29) is 0 Å². The van der Waals surface area contributed by atoms with Crippen LogP contribution in [0.15, 0.2) is 12.4 Å². The van der Waals surface area contributed by atoms with Crippen LogP contribution in [0.2, 0.25) is 0 Å². The van der Waals surface area contributed by atoms with Crippen LogP contribution in [0.25, 0.3) is 0 Å². The van der Waals surface area contributed by atoms with Crippen molar-refractivity contribution in [2.24, 2.45) is 5.92 Å². The largest absolute Gasteiger partial charge is 0.383 e. The predicted octanol–water partition coefficient (Wildman–Crippen LogP) is 2.69. The van der Waals surface area contributed by atoms with Gasteiger partial charge >= 0.3 is 0 Å². The van der Waals surface area contributed by atoms with Gasteiger partial charge in [0.25, 0.3) is 0 Å². The van der Waals surface area contributed by atoms with Crippen molar-refractivity contribution in [3.05, 3.63) is 12.4 Å². The van der Waals surface area contributed by atoms with Gasteiger partial charge in [-0.15, -0.1) is 0 Å². The summed E-state index contributed by atoms with van der Waals surface area (Å²) in [6.45, 7) is 5.14. The molecule has 0 amide bonds. The lowest BCUT2D eigenvalue weighted by atomic mass is 10.1. The first kappa shape index (κ1) is 12.4. The van der Waals surface area contributed by atoms with Crippen LogP contribution in [0.5, 0.6) is 0 Å². The van der Waals surface area contributed by atoms with E-state index in [0.29, 0.717) is 18.7 Å². The minimum Gasteiger partial charge on any atom is -0.383 e.